The van der Waals surface area contributed by atoms with E-state index in [1.165, 1.54) is 6.92 Å². The highest BCUT2D eigenvalue weighted by atomic mass is 16.5. The van der Waals surface area contributed by atoms with Crippen LogP contribution in [0.25, 0.3) is 0 Å². The molecular formula is C15H21NO5. The second kappa shape index (κ2) is 7.08. The van der Waals surface area contributed by atoms with Gasteiger partial charge in [0.2, 0.25) is 0 Å². The van der Waals surface area contributed by atoms with Gasteiger partial charge in [0, 0.05) is 12.1 Å². The number of aliphatic hydroxyl groups is 1. The smallest absolute Gasteiger partial charge is 0.306 e. The Morgan fingerprint density at radius 1 is 1.38 bits per heavy atom. The highest BCUT2D eigenvalue weighted by Crippen LogP contribution is 2.15. The van der Waals surface area contributed by atoms with Crippen LogP contribution in [0, 0.1) is 0 Å². The van der Waals surface area contributed by atoms with Gasteiger partial charge in [0.25, 0.3) is 5.91 Å². The third-order valence-corrected chi connectivity index (χ3v) is 2.63. The molecule has 0 aliphatic carbocycles. The van der Waals surface area contributed by atoms with Gasteiger partial charge in [0.1, 0.15) is 5.75 Å². The van der Waals surface area contributed by atoms with E-state index in [2.05, 4.69) is 5.32 Å². The topological polar surface area (TPSA) is 95.9 Å². The number of amides is 1. The minimum absolute atomic E-state index is 0.000360. The van der Waals surface area contributed by atoms with Gasteiger partial charge in [0.05, 0.1) is 18.1 Å². The van der Waals surface area contributed by atoms with Gasteiger partial charge in [-0.1, -0.05) is 6.07 Å². The van der Waals surface area contributed by atoms with Crippen molar-refractivity contribution in [2.45, 2.75) is 38.9 Å². The Morgan fingerprint density at radius 3 is 2.62 bits per heavy atom. The number of carbonyl (C=O) groups is 2. The molecule has 0 saturated carbocycles. The molecule has 0 spiro atoms. The predicted molar refractivity (Wildman–Crippen MR) is 77.4 cm³/mol. The van der Waals surface area contributed by atoms with Crippen LogP contribution in [0.5, 0.6) is 5.75 Å². The first-order chi connectivity index (χ1) is 9.69. The van der Waals surface area contributed by atoms with E-state index in [1.807, 2.05) is 13.8 Å². The van der Waals surface area contributed by atoms with Crippen LogP contribution in [-0.2, 0) is 4.79 Å². The van der Waals surface area contributed by atoms with Crippen LogP contribution in [0.1, 0.15) is 37.6 Å². The molecule has 0 bridgehead atoms. The molecule has 0 fully saturated rings. The van der Waals surface area contributed by atoms with Crippen molar-refractivity contribution in [2.75, 3.05) is 6.54 Å². The molecule has 0 aromatic heterocycles. The summed E-state index contributed by atoms with van der Waals surface area (Å²) in [5.41, 5.74) is -1.10. The number of rotatable bonds is 7. The quantitative estimate of drug-likeness (QED) is 0.707. The molecule has 0 radical (unpaired) electrons. The maximum absolute atomic E-state index is 12.0. The summed E-state index contributed by atoms with van der Waals surface area (Å²) in [4.78, 5) is 22.6. The van der Waals surface area contributed by atoms with Crippen LogP contribution in [0.15, 0.2) is 24.3 Å². The summed E-state index contributed by atoms with van der Waals surface area (Å²) >= 11 is 0. The first-order valence-electron chi connectivity index (χ1n) is 6.69. The Morgan fingerprint density at radius 2 is 2.05 bits per heavy atom. The minimum Gasteiger partial charge on any atom is -0.491 e. The van der Waals surface area contributed by atoms with E-state index in [0.717, 1.165) is 0 Å². The second-order valence-corrected chi connectivity index (χ2v) is 5.44. The predicted octanol–water partition coefficient (Wildman–Crippen LogP) is 1.43. The molecule has 3 N–H and O–H groups in total. The number of carboxylic acids is 1. The zero-order valence-electron chi connectivity index (χ0n) is 12.4. The summed E-state index contributed by atoms with van der Waals surface area (Å²) in [5, 5.41) is 21.0. The first-order valence-corrected chi connectivity index (χ1v) is 6.69. The van der Waals surface area contributed by atoms with Gasteiger partial charge in [0.15, 0.2) is 0 Å². The van der Waals surface area contributed by atoms with E-state index < -0.39 is 23.9 Å². The van der Waals surface area contributed by atoms with E-state index in [1.54, 1.807) is 24.3 Å². The lowest BCUT2D eigenvalue weighted by Gasteiger charge is -2.21. The first kappa shape index (κ1) is 17.0. The number of hydrogen-bond donors (Lipinski definition) is 3. The average molecular weight is 295 g/mol. The van der Waals surface area contributed by atoms with Crippen LogP contribution in [-0.4, -0.2) is 40.3 Å². The number of carboxylic acid groups (broad SMARTS) is 1. The fraction of sp³-hybridized carbons (Fsp3) is 0.467. The van der Waals surface area contributed by atoms with Crippen molar-refractivity contribution in [3.05, 3.63) is 29.8 Å². The Kier molecular flexibility index (Phi) is 5.72. The van der Waals surface area contributed by atoms with Gasteiger partial charge in [-0.05, 0) is 39.0 Å². The third-order valence-electron chi connectivity index (χ3n) is 2.63. The van der Waals surface area contributed by atoms with E-state index >= 15 is 0 Å². The lowest BCUT2D eigenvalue weighted by molar-refractivity contribution is -0.141. The lowest BCUT2D eigenvalue weighted by atomic mass is 10.0. The second-order valence-electron chi connectivity index (χ2n) is 5.44. The van der Waals surface area contributed by atoms with E-state index in [4.69, 9.17) is 9.84 Å². The van der Waals surface area contributed by atoms with Crippen molar-refractivity contribution in [2.24, 2.45) is 0 Å². The Balaban J connectivity index is 2.65. The van der Waals surface area contributed by atoms with Crippen molar-refractivity contribution < 1.29 is 24.5 Å². The molecule has 1 rings (SSSR count). The van der Waals surface area contributed by atoms with Crippen molar-refractivity contribution in [1.82, 2.24) is 5.32 Å². The summed E-state index contributed by atoms with van der Waals surface area (Å²) in [7, 11) is 0. The normalized spacial score (nSPS) is 13.6. The van der Waals surface area contributed by atoms with Gasteiger partial charge in [-0.15, -0.1) is 0 Å². The highest BCUT2D eigenvalue weighted by molar-refractivity contribution is 5.94. The van der Waals surface area contributed by atoms with Crippen LogP contribution < -0.4 is 10.1 Å². The molecule has 1 aromatic carbocycles. The maximum atomic E-state index is 12.0. The number of aliphatic carboxylic acids is 1. The standard InChI is InChI=1S/C15H21NO5/c1-10(2)21-12-6-4-5-11(7-12)14(19)16-9-15(3,20)8-13(17)18/h4-7,10,20H,8-9H2,1-3H3,(H,16,19)(H,17,18). The van der Waals surface area contributed by atoms with Gasteiger partial charge < -0.3 is 20.3 Å². The third kappa shape index (κ3) is 6.27. The highest BCUT2D eigenvalue weighted by Gasteiger charge is 2.25. The summed E-state index contributed by atoms with van der Waals surface area (Å²) in [5.74, 6) is -0.939. The zero-order valence-corrected chi connectivity index (χ0v) is 12.4. The van der Waals surface area contributed by atoms with Gasteiger partial charge in [-0.2, -0.15) is 0 Å². The van der Waals surface area contributed by atoms with Crippen LogP contribution in [0.3, 0.4) is 0 Å². The number of carbonyl (C=O) groups excluding carboxylic acids is 1. The zero-order chi connectivity index (χ0) is 16.0. The van der Waals surface area contributed by atoms with Crippen LogP contribution in [0.4, 0.5) is 0 Å². The van der Waals surface area contributed by atoms with Crippen molar-refractivity contribution >= 4 is 11.9 Å². The van der Waals surface area contributed by atoms with E-state index in [-0.39, 0.29) is 12.6 Å². The molecular weight excluding hydrogens is 274 g/mol. The largest absolute Gasteiger partial charge is 0.491 e. The Labute approximate surface area is 123 Å². The summed E-state index contributed by atoms with van der Waals surface area (Å²) in [6, 6.07) is 6.66. The fourth-order valence-corrected chi connectivity index (χ4v) is 1.74. The molecule has 6 nitrogen and oxygen atoms in total. The number of nitrogens with one attached hydrogen (secondary N) is 1. The average Bonchev–Trinajstić information content (AvgIpc) is 2.34. The Bertz CT molecular complexity index is 511. The molecule has 6 heteroatoms. The monoisotopic (exact) mass is 295 g/mol. The number of hydrogen-bond acceptors (Lipinski definition) is 4. The SMILES string of the molecule is CC(C)Oc1cccc(C(=O)NCC(C)(O)CC(=O)O)c1. The molecule has 0 aliphatic rings. The molecule has 0 aliphatic heterocycles. The number of ether oxygens (including phenoxy) is 1. The van der Waals surface area contributed by atoms with Crippen molar-refractivity contribution in [1.29, 1.82) is 0 Å². The summed E-state index contributed by atoms with van der Waals surface area (Å²) in [6.45, 7) is 4.98. The summed E-state index contributed by atoms with van der Waals surface area (Å²) < 4.78 is 5.50. The van der Waals surface area contributed by atoms with Gasteiger partial charge in [-0.3, -0.25) is 9.59 Å². The summed E-state index contributed by atoms with van der Waals surface area (Å²) in [6.07, 6.45) is -0.441. The van der Waals surface area contributed by atoms with Crippen LogP contribution >= 0.6 is 0 Å². The number of benzene rings is 1. The molecule has 1 atom stereocenters. The molecule has 116 valence electrons. The molecule has 1 aromatic rings. The minimum atomic E-state index is -1.49. The van der Waals surface area contributed by atoms with Gasteiger partial charge in [-0.25, -0.2) is 0 Å². The van der Waals surface area contributed by atoms with E-state index in [0.29, 0.717) is 11.3 Å². The maximum Gasteiger partial charge on any atom is 0.306 e. The Hall–Kier alpha value is -2.08. The molecule has 1 amide bonds. The molecule has 0 saturated heterocycles. The lowest BCUT2D eigenvalue weighted by Crippen LogP contribution is -2.42. The fourth-order valence-electron chi connectivity index (χ4n) is 1.74. The van der Waals surface area contributed by atoms with Gasteiger partial charge >= 0.3 is 5.97 Å². The molecule has 0 heterocycles. The van der Waals surface area contributed by atoms with Crippen molar-refractivity contribution in [3.63, 3.8) is 0 Å². The van der Waals surface area contributed by atoms with Crippen LogP contribution in [0.2, 0.25) is 0 Å². The van der Waals surface area contributed by atoms with Crippen molar-refractivity contribution in [3.8, 4) is 5.75 Å². The molecule has 1 unspecified atom stereocenters. The van der Waals surface area contributed by atoms with E-state index in [9.17, 15) is 14.7 Å². The molecule has 21 heavy (non-hydrogen) atoms.